The van der Waals surface area contributed by atoms with Crippen molar-refractivity contribution in [2.24, 2.45) is 0 Å². The highest BCUT2D eigenvalue weighted by atomic mass is 16.6. The molecule has 0 heterocycles. The van der Waals surface area contributed by atoms with Crippen LogP contribution in [0.1, 0.15) is 33.0 Å². The molecule has 4 aromatic carbocycles. The first-order chi connectivity index (χ1) is 16.2. The topological polar surface area (TPSA) is 46.6 Å². The van der Waals surface area contributed by atoms with E-state index in [9.17, 15) is 9.59 Å². The van der Waals surface area contributed by atoms with Gasteiger partial charge in [-0.05, 0) is 52.1 Å². The lowest BCUT2D eigenvalue weighted by atomic mass is 9.98. The Morgan fingerprint density at radius 2 is 1.33 bits per heavy atom. The van der Waals surface area contributed by atoms with Crippen molar-refractivity contribution in [3.8, 4) is 11.1 Å². The number of carbonyl (C=O) groups excluding carboxylic acids is 2. The Kier molecular flexibility index (Phi) is 5.73. The van der Waals surface area contributed by atoms with Crippen molar-refractivity contribution in [3.63, 3.8) is 0 Å². The summed E-state index contributed by atoms with van der Waals surface area (Å²) in [6.45, 7) is 0.628. The molecule has 33 heavy (non-hydrogen) atoms. The fourth-order valence-electron chi connectivity index (χ4n) is 4.43. The molecule has 0 bridgehead atoms. The Hall–Kier alpha value is -4.18. The van der Waals surface area contributed by atoms with E-state index >= 15 is 0 Å². The summed E-state index contributed by atoms with van der Waals surface area (Å²) in [5, 5.41) is 0. The van der Waals surface area contributed by atoms with E-state index in [2.05, 4.69) is 24.3 Å². The summed E-state index contributed by atoms with van der Waals surface area (Å²) in [6, 6.07) is 33.3. The molecule has 4 heteroatoms. The van der Waals surface area contributed by atoms with Gasteiger partial charge in [0.2, 0.25) is 0 Å². The highest BCUT2D eigenvalue weighted by molar-refractivity contribution is 5.88. The smallest absolute Gasteiger partial charge is 0.414 e. The molecule has 0 spiro atoms. The van der Waals surface area contributed by atoms with Gasteiger partial charge in [-0.2, -0.15) is 0 Å². The number of nitrogens with zero attached hydrogens (tertiary/aromatic N) is 1. The van der Waals surface area contributed by atoms with Crippen molar-refractivity contribution in [1.29, 1.82) is 0 Å². The van der Waals surface area contributed by atoms with Gasteiger partial charge in [0.15, 0.2) is 0 Å². The first kappa shape index (κ1) is 20.7. The lowest BCUT2D eigenvalue weighted by Gasteiger charge is -2.24. The molecular weight excluding hydrogens is 410 g/mol. The Bertz CT molecular complexity index is 1240. The second kappa shape index (κ2) is 9.13. The molecule has 1 amide bonds. The molecule has 5 rings (SSSR count). The van der Waals surface area contributed by atoms with Crippen molar-refractivity contribution in [2.75, 3.05) is 11.5 Å². The number of fused-ring (bicyclic) bond motifs is 3. The quantitative estimate of drug-likeness (QED) is 0.328. The maximum atomic E-state index is 13.3. The van der Waals surface area contributed by atoms with E-state index in [1.807, 2.05) is 54.6 Å². The lowest BCUT2D eigenvalue weighted by molar-refractivity contribution is 0.112. The van der Waals surface area contributed by atoms with Crippen molar-refractivity contribution in [1.82, 2.24) is 0 Å². The van der Waals surface area contributed by atoms with Gasteiger partial charge < -0.3 is 4.74 Å². The summed E-state index contributed by atoms with van der Waals surface area (Å²) in [5.74, 6) is -0.00244. The number of hydrogen-bond donors (Lipinski definition) is 0. The van der Waals surface area contributed by atoms with Gasteiger partial charge in [0, 0.05) is 17.2 Å². The van der Waals surface area contributed by atoms with E-state index < -0.39 is 6.09 Å². The van der Waals surface area contributed by atoms with Gasteiger partial charge in [0.25, 0.3) is 0 Å². The van der Waals surface area contributed by atoms with Gasteiger partial charge in [0.1, 0.15) is 12.9 Å². The van der Waals surface area contributed by atoms with Crippen LogP contribution in [0.5, 0.6) is 0 Å². The molecular formula is C29H23NO3. The van der Waals surface area contributed by atoms with Crippen LogP contribution in [0.4, 0.5) is 10.5 Å². The third-order valence-corrected chi connectivity index (χ3v) is 6.08. The lowest BCUT2D eigenvalue weighted by Crippen LogP contribution is -2.32. The van der Waals surface area contributed by atoms with E-state index in [0.717, 1.165) is 11.8 Å². The number of carbonyl (C=O) groups is 2. The minimum atomic E-state index is -0.417. The average molecular weight is 434 g/mol. The molecule has 162 valence electrons. The standard InChI is InChI=1S/C29H23NO3/c31-19-22-14-16-23(17-15-22)30(18-21-8-2-1-3-9-21)29(32)33-20-28-26-12-6-4-10-24(26)25-11-5-7-13-27(25)28/h1-17,19,28H,18,20H2. The average Bonchev–Trinajstić information content (AvgIpc) is 3.20. The van der Waals surface area contributed by atoms with E-state index in [-0.39, 0.29) is 12.5 Å². The molecule has 0 atom stereocenters. The molecule has 1 aliphatic rings. The summed E-state index contributed by atoms with van der Waals surface area (Å²) in [5.41, 5.74) is 6.98. The van der Waals surface area contributed by atoms with Crippen molar-refractivity contribution in [2.45, 2.75) is 12.5 Å². The number of ether oxygens (including phenoxy) is 1. The normalized spacial score (nSPS) is 12.0. The van der Waals surface area contributed by atoms with Crippen LogP contribution in [0.25, 0.3) is 11.1 Å². The Morgan fingerprint density at radius 3 is 1.94 bits per heavy atom. The van der Waals surface area contributed by atoms with Gasteiger partial charge in [0.05, 0.1) is 6.54 Å². The zero-order valence-electron chi connectivity index (χ0n) is 18.1. The molecule has 1 aliphatic carbocycles. The van der Waals surface area contributed by atoms with Gasteiger partial charge in [-0.15, -0.1) is 0 Å². The van der Waals surface area contributed by atoms with Crippen LogP contribution in [0, 0.1) is 0 Å². The SMILES string of the molecule is O=Cc1ccc(N(Cc2ccccc2)C(=O)OCC2c3ccccc3-c3ccccc32)cc1. The predicted octanol–water partition coefficient (Wildman–Crippen LogP) is 6.45. The second-order valence-electron chi connectivity index (χ2n) is 8.09. The molecule has 0 unspecified atom stereocenters. The minimum Gasteiger partial charge on any atom is -0.448 e. The van der Waals surface area contributed by atoms with Crippen molar-refractivity contribution >= 4 is 18.1 Å². The number of rotatable bonds is 6. The third kappa shape index (κ3) is 4.15. The van der Waals surface area contributed by atoms with Crippen LogP contribution in [0.15, 0.2) is 103 Å². The first-order valence-electron chi connectivity index (χ1n) is 11.0. The van der Waals surface area contributed by atoms with Gasteiger partial charge in [-0.25, -0.2) is 4.79 Å². The number of anilines is 1. The minimum absolute atomic E-state index is 0.00244. The predicted molar refractivity (Wildman–Crippen MR) is 130 cm³/mol. The third-order valence-electron chi connectivity index (χ3n) is 6.08. The highest BCUT2D eigenvalue weighted by Gasteiger charge is 2.30. The van der Waals surface area contributed by atoms with Gasteiger partial charge >= 0.3 is 6.09 Å². The van der Waals surface area contributed by atoms with Crippen molar-refractivity contribution in [3.05, 3.63) is 125 Å². The summed E-state index contributed by atoms with van der Waals surface area (Å²) < 4.78 is 5.90. The van der Waals surface area contributed by atoms with Crippen LogP contribution in [-0.4, -0.2) is 19.0 Å². The van der Waals surface area contributed by atoms with E-state index in [1.54, 1.807) is 29.2 Å². The van der Waals surface area contributed by atoms with E-state index in [0.29, 0.717) is 17.8 Å². The molecule has 0 N–H and O–H groups in total. The Morgan fingerprint density at radius 1 is 0.758 bits per heavy atom. The zero-order valence-corrected chi connectivity index (χ0v) is 18.1. The summed E-state index contributed by atoms with van der Waals surface area (Å²) >= 11 is 0. The van der Waals surface area contributed by atoms with Crippen LogP contribution < -0.4 is 4.90 Å². The van der Waals surface area contributed by atoms with E-state index in [1.165, 1.54) is 22.3 Å². The molecule has 0 fully saturated rings. The fraction of sp³-hybridized carbons (Fsp3) is 0.103. The fourth-order valence-corrected chi connectivity index (χ4v) is 4.43. The molecule has 0 aromatic heterocycles. The summed E-state index contributed by atoms with van der Waals surface area (Å²) in [6.07, 6.45) is 0.373. The Labute approximate surface area is 193 Å². The molecule has 4 aromatic rings. The summed E-state index contributed by atoms with van der Waals surface area (Å²) in [4.78, 5) is 26.0. The summed E-state index contributed by atoms with van der Waals surface area (Å²) in [7, 11) is 0. The van der Waals surface area contributed by atoms with Gasteiger partial charge in [-0.1, -0.05) is 78.9 Å². The molecule has 0 radical (unpaired) electrons. The highest BCUT2D eigenvalue weighted by Crippen LogP contribution is 2.44. The molecule has 0 saturated carbocycles. The van der Waals surface area contributed by atoms with Crippen LogP contribution >= 0.6 is 0 Å². The maximum absolute atomic E-state index is 13.3. The number of benzene rings is 4. The Balaban J connectivity index is 1.40. The monoisotopic (exact) mass is 433 g/mol. The number of hydrogen-bond acceptors (Lipinski definition) is 3. The molecule has 0 saturated heterocycles. The maximum Gasteiger partial charge on any atom is 0.414 e. The number of amides is 1. The van der Waals surface area contributed by atoms with Crippen LogP contribution in [-0.2, 0) is 11.3 Å². The van der Waals surface area contributed by atoms with Gasteiger partial charge in [-0.3, -0.25) is 9.69 Å². The van der Waals surface area contributed by atoms with Crippen molar-refractivity contribution < 1.29 is 14.3 Å². The second-order valence-corrected chi connectivity index (χ2v) is 8.09. The molecule has 0 aliphatic heterocycles. The van der Waals surface area contributed by atoms with Crippen LogP contribution in [0.2, 0.25) is 0 Å². The molecule has 4 nitrogen and oxygen atoms in total. The number of aldehydes is 1. The van der Waals surface area contributed by atoms with E-state index in [4.69, 9.17) is 4.74 Å². The van der Waals surface area contributed by atoms with Crippen LogP contribution in [0.3, 0.4) is 0 Å². The zero-order chi connectivity index (χ0) is 22.6. The largest absolute Gasteiger partial charge is 0.448 e. The first-order valence-corrected chi connectivity index (χ1v) is 11.0.